The van der Waals surface area contributed by atoms with E-state index >= 15 is 0 Å². The average molecular weight is 142 g/mol. The van der Waals surface area contributed by atoms with Gasteiger partial charge in [-0.05, 0) is 18.9 Å². The maximum atomic E-state index is 10.7. The van der Waals surface area contributed by atoms with E-state index in [1.807, 2.05) is 0 Å². The van der Waals surface area contributed by atoms with Crippen LogP contribution in [0.1, 0.15) is 19.8 Å². The molecule has 3 N–H and O–H groups in total. The summed E-state index contributed by atoms with van der Waals surface area (Å²) in [6.45, 7) is 3.03. The molecule has 3 nitrogen and oxygen atoms in total. The molecule has 1 aliphatic rings. The minimum absolute atomic E-state index is 0.0648. The SMILES string of the molecule is CCC1CCN[C@@H]1C(N)=O. The Hall–Kier alpha value is -0.570. The molecule has 0 aliphatic carbocycles. The highest BCUT2D eigenvalue weighted by atomic mass is 16.1. The van der Waals surface area contributed by atoms with Crippen molar-refractivity contribution in [3.63, 3.8) is 0 Å². The van der Waals surface area contributed by atoms with Crippen molar-refractivity contribution >= 4 is 5.91 Å². The Labute approximate surface area is 61.0 Å². The van der Waals surface area contributed by atoms with Gasteiger partial charge in [-0.15, -0.1) is 0 Å². The number of rotatable bonds is 2. The van der Waals surface area contributed by atoms with E-state index in [0.29, 0.717) is 5.92 Å². The summed E-state index contributed by atoms with van der Waals surface area (Å²) in [6, 6.07) is -0.0648. The van der Waals surface area contributed by atoms with Crippen molar-refractivity contribution in [2.45, 2.75) is 25.8 Å². The molecule has 1 unspecified atom stereocenters. The molecule has 1 rings (SSSR count). The largest absolute Gasteiger partial charge is 0.368 e. The molecule has 0 aromatic rings. The summed E-state index contributed by atoms with van der Waals surface area (Å²) in [6.07, 6.45) is 2.13. The second-order valence-corrected chi connectivity index (χ2v) is 2.79. The number of carbonyl (C=O) groups excluding carboxylic acids is 1. The predicted octanol–water partition coefficient (Wildman–Crippen LogP) is -0.140. The van der Waals surface area contributed by atoms with Crippen LogP contribution in [0, 0.1) is 5.92 Å². The molecule has 1 heterocycles. The van der Waals surface area contributed by atoms with E-state index in [9.17, 15) is 4.79 Å². The van der Waals surface area contributed by atoms with Gasteiger partial charge in [-0.25, -0.2) is 0 Å². The van der Waals surface area contributed by atoms with Gasteiger partial charge in [0.05, 0.1) is 6.04 Å². The van der Waals surface area contributed by atoms with Crippen molar-refractivity contribution < 1.29 is 4.79 Å². The molecule has 1 fully saturated rings. The van der Waals surface area contributed by atoms with Crippen LogP contribution in [0.15, 0.2) is 0 Å². The Balaban J connectivity index is 2.50. The fourth-order valence-corrected chi connectivity index (χ4v) is 1.53. The lowest BCUT2D eigenvalue weighted by atomic mass is 9.98. The van der Waals surface area contributed by atoms with Gasteiger partial charge in [0.1, 0.15) is 0 Å². The zero-order chi connectivity index (χ0) is 7.56. The number of nitrogens with two attached hydrogens (primary N) is 1. The molecule has 10 heavy (non-hydrogen) atoms. The first-order chi connectivity index (χ1) is 4.75. The summed E-state index contributed by atoms with van der Waals surface area (Å²) in [5, 5.41) is 3.08. The standard InChI is InChI=1S/C7H14N2O/c1-2-5-3-4-9-6(5)7(8)10/h5-6,9H,2-4H2,1H3,(H2,8,10)/t5?,6-/m0/s1. The van der Waals surface area contributed by atoms with Crippen molar-refractivity contribution in [3.8, 4) is 0 Å². The van der Waals surface area contributed by atoms with Crippen LogP contribution in [0.4, 0.5) is 0 Å². The normalized spacial score (nSPS) is 32.5. The highest BCUT2D eigenvalue weighted by molar-refractivity contribution is 5.80. The molecule has 0 radical (unpaired) electrons. The summed E-state index contributed by atoms with van der Waals surface area (Å²) in [7, 11) is 0. The van der Waals surface area contributed by atoms with E-state index in [1.165, 1.54) is 0 Å². The van der Waals surface area contributed by atoms with Crippen LogP contribution in [-0.4, -0.2) is 18.5 Å². The van der Waals surface area contributed by atoms with Gasteiger partial charge in [0, 0.05) is 0 Å². The van der Waals surface area contributed by atoms with Crippen molar-refractivity contribution in [2.24, 2.45) is 11.7 Å². The van der Waals surface area contributed by atoms with E-state index < -0.39 is 0 Å². The molecule has 0 aromatic carbocycles. The van der Waals surface area contributed by atoms with Crippen LogP contribution in [0.3, 0.4) is 0 Å². The minimum atomic E-state index is -0.204. The summed E-state index contributed by atoms with van der Waals surface area (Å²) in [5.41, 5.74) is 5.16. The van der Waals surface area contributed by atoms with Gasteiger partial charge in [-0.2, -0.15) is 0 Å². The number of hydrogen-bond acceptors (Lipinski definition) is 2. The molecule has 1 aliphatic heterocycles. The highest BCUT2D eigenvalue weighted by Crippen LogP contribution is 2.17. The van der Waals surface area contributed by atoms with Crippen LogP contribution < -0.4 is 11.1 Å². The molecular formula is C7H14N2O. The second-order valence-electron chi connectivity index (χ2n) is 2.79. The van der Waals surface area contributed by atoms with Gasteiger partial charge >= 0.3 is 0 Å². The Morgan fingerprint density at radius 2 is 2.50 bits per heavy atom. The zero-order valence-electron chi connectivity index (χ0n) is 6.26. The van der Waals surface area contributed by atoms with Crippen LogP contribution >= 0.6 is 0 Å². The lowest BCUT2D eigenvalue weighted by Gasteiger charge is -2.12. The van der Waals surface area contributed by atoms with Crippen molar-refractivity contribution in [1.29, 1.82) is 0 Å². The van der Waals surface area contributed by atoms with Crippen LogP contribution in [-0.2, 0) is 4.79 Å². The van der Waals surface area contributed by atoms with Crippen molar-refractivity contribution in [3.05, 3.63) is 0 Å². The molecule has 1 saturated heterocycles. The second kappa shape index (κ2) is 3.01. The number of primary amides is 1. The third-order valence-corrected chi connectivity index (χ3v) is 2.18. The first-order valence-electron chi connectivity index (χ1n) is 3.78. The van der Waals surface area contributed by atoms with Crippen LogP contribution in [0.25, 0.3) is 0 Å². The van der Waals surface area contributed by atoms with Gasteiger partial charge in [-0.3, -0.25) is 4.79 Å². The number of hydrogen-bond donors (Lipinski definition) is 2. The number of carbonyl (C=O) groups is 1. The molecule has 1 amide bonds. The number of amides is 1. The van der Waals surface area contributed by atoms with Gasteiger partial charge in [-0.1, -0.05) is 13.3 Å². The third-order valence-electron chi connectivity index (χ3n) is 2.18. The molecule has 3 heteroatoms. The van der Waals surface area contributed by atoms with E-state index in [1.54, 1.807) is 0 Å². The Morgan fingerprint density at radius 1 is 1.80 bits per heavy atom. The third kappa shape index (κ3) is 1.29. The van der Waals surface area contributed by atoms with Crippen LogP contribution in [0.2, 0.25) is 0 Å². The predicted molar refractivity (Wildman–Crippen MR) is 39.4 cm³/mol. The average Bonchev–Trinajstić information content (AvgIpc) is 2.33. The molecule has 0 spiro atoms. The first-order valence-corrected chi connectivity index (χ1v) is 3.78. The molecule has 0 aromatic heterocycles. The van der Waals surface area contributed by atoms with Gasteiger partial charge in [0.25, 0.3) is 0 Å². The Bertz CT molecular complexity index is 136. The highest BCUT2D eigenvalue weighted by Gasteiger charge is 2.29. The molecular weight excluding hydrogens is 128 g/mol. The van der Waals surface area contributed by atoms with Crippen molar-refractivity contribution in [1.82, 2.24) is 5.32 Å². The fourth-order valence-electron chi connectivity index (χ4n) is 1.53. The Morgan fingerprint density at radius 3 is 2.90 bits per heavy atom. The molecule has 58 valence electrons. The van der Waals surface area contributed by atoms with Crippen molar-refractivity contribution in [2.75, 3.05) is 6.54 Å². The first kappa shape index (κ1) is 7.54. The summed E-state index contributed by atoms with van der Waals surface area (Å²) >= 11 is 0. The van der Waals surface area contributed by atoms with E-state index in [0.717, 1.165) is 19.4 Å². The molecule has 0 bridgehead atoms. The monoisotopic (exact) mass is 142 g/mol. The number of nitrogens with one attached hydrogen (secondary N) is 1. The van der Waals surface area contributed by atoms with Gasteiger partial charge in [0.2, 0.25) is 5.91 Å². The smallest absolute Gasteiger partial charge is 0.234 e. The maximum Gasteiger partial charge on any atom is 0.234 e. The van der Waals surface area contributed by atoms with E-state index in [4.69, 9.17) is 5.73 Å². The Kier molecular flexibility index (Phi) is 2.27. The minimum Gasteiger partial charge on any atom is -0.368 e. The summed E-state index contributed by atoms with van der Waals surface area (Å²) in [5.74, 6) is 0.266. The lowest BCUT2D eigenvalue weighted by molar-refractivity contribution is -0.120. The molecule has 2 atom stereocenters. The van der Waals surface area contributed by atoms with Gasteiger partial charge < -0.3 is 11.1 Å². The quantitative estimate of drug-likeness (QED) is 0.564. The summed E-state index contributed by atoms with van der Waals surface area (Å²) < 4.78 is 0. The fraction of sp³-hybridized carbons (Fsp3) is 0.857. The zero-order valence-corrected chi connectivity index (χ0v) is 6.26. The molecule has 0 saturated carbocycles. The van der Waals surface area contributed by atoms with Gasteiger partial charge in [0.15, 0.2) is 0 Å². The summed E-state index contributed by atoms with van der Waals surface area (Å²) in [4.78, 5) is 10.7. The van der Waals surface area contributed by atoms with E-state index in [-0.39, 0.29) is 11.9 Å². The van der Waals surface area contributed by atoms with Crippen LogP contribution in [0.5, 0.6) is 0 Å². The lowest BCUT2D eigenvalue weighted by Crippen LogP contribution is -2.40. The maximum absolute atomic E-state index is 10.7. The topological polar surface area (TPSA) is 55.1 Å². The van der Waals surface area contributed by atoms with E-state index in [2.05, 4.69) is 12.2 Å².